The number of hydrogen-bond acceptors (Lipinski definition) is 6. The minimum atomic E-state index is -0.0548. The van der Waals surface area contributed by atoms with Gasteiger partial charge in [0.15, 0.2) is 0 Å². The summed E-state index contributed by atoms with van der Waals surface area (Å²) in [6.07, 6.45) is 3.81. The van der Waals surface area contributed by atoms with Crippen molar-refractivity contribution in [2.75, 3.05) is 6.54 Å². The zero-order valence-corrected chi connectivity index (χ0v) is 15.8. The standard InChI is InChI=1S/C19H23N5O2S/c20-14-8-13(9-14)17-21-22-18(27-17)16-7-6-15-10-23(16)19(25)24(15)26-11-12-4-2-1-3-5-12/h1-5,13-16H,6-11,20H2. The molecular formula is C19H23N5O2S. The van der Waals surface area contributed by atoms with E-state index in [9.17, 15) is 4.79 Å². The Morgan fingerprint density at radius 2 is 1.93 bits per heavy atom. The lowest BCUT2D eigenvalue weighted by molar-refractivity contribution is -0.140. The number of carbonyl (C=O) groups is 1. The first-order valence-corrected chi connectivity index (χ1v) is 10.4. The normalized spacial score (nSPS) is 29.9. The molecule has 1 aromatic carbocycles. The summed E-state index contributed by atoms with van der Waals surface area (Å²) >= 11 is 1.65. The van der Waals surface area contributed by atoms with E-state index in [2.05, 4.69) is 10.2 Å². The summed E-state index contributed by atoms with van der Waals surface area (Å²) in [6, 6.07) is 10.3. The second kappa shape index (κ2) is 6.85. The number of rotatable bonds is 5. The van der Waals surface area contributed by atoms with Crippen molar-refractivity contribution in [3.05, 3.63) is 45.9 Å². The van der Waals surface area contributed by atoms with Gasteiger partial charge in [-0.15, -0.1) is 10.2 Å². The fraction of sp³-hybridized carbons (Fsp3) is 0.526. The molecule has 3 heterocycles. The lowest BCUT2D eigenvalue weighted by Gasteiger charge is -2.30. The molecule has 2 bridgehead atoms. The highest BCUT2D eigenvalue weighted by molar-refractivity contribution is 7.11. The summed E-state index contributed by atoms with van der Waals surface area (Å²) in [5.74, 6) is 0.447. The number of piperidine rings is 1. The van der Waals surface area contributed by atoms with E-state index in [4.69, 9.17) is 10.6 Å². The highest BCUT2D eigenvalue weighted by Crippen LogP contribution is 2.42. The van der Waals surface area contributed by atoms with Crippen LogP contribution in [0.3, 0.4) is 0 Å². The first kappa shape index (κ1) is 17.1. The lowest BCUT2D eigenvalue weighted by atomic mass is 9.81. The number of amides is 2. The van der Waals surface area contributed by atoms with Crippen LogP contribution in [-0.2, 0) is 11.4 Å². The summed E-state index contributed by atoms with van der Waals surface area (Å²) < 4.78 is 0. The van der Waals surface area contributed by atoms with Gasteiger partial charge in [0.2, 0.25) is 0 Å². The molecule has 2 saturated heterocycles. The van der Waals surface area contributed by atoms with Crippen LogP contribution in [0.5, 0.6) is 0 Å². The van der Waals surface area contributed by atoms with Gasteiger partial charge in [-0.3, -0.25) is 4.84 Å². The Morgan fingerprint density at radius 1 is 1.15 bits per heavy atom. The molecule has 0 spiro atoms. The molecule has 2 atom stereocenters. The van der Waals surface area contributed by atoms with E-state index in [1.165, 1.54) is 0 Å². The zero-order valence-electron chi connectivity index (χ0n) is 15.0. The molecule has 27 heavy (non-hydrogen) atoms. The number of urea groups is 1. The molecule has 1 saturated carbocycles. The monoisotopic (exact) mass is 385 g/mol. The van der Waals surface area contributed by atoms with Gasteiger partial charge in [-0.25, -0.2) is 4.79 Å². The maximum absolute atomic E-state index is 12.9. The molecule has 2 unspecified atom stereocenters. The first-order chi connectivity index (χ1) is 13.2. The number of hydrogen-bond donors (Lipinski definition) is 1. The Kier molecular flexibility index (Phi) is 4.34. The molecule has 0 radical (unpaired) electrons. The topological polar surface area (TPSA) is 84.6 Å². The van der Waals surface area contributed by atoms with Crippen LogP contribution in [0.25, 0.3) is 0 Å². The van der Waals surface area contributed by atoms with E-state index in [-0.39, 0.29) is 18.1 Å². The third kappa shape index (κ3) is 3.11. The predicted molar refractivity (Wildman–Crippen MR) is 101 cm³/mol. The summed E-state index contributed by atoms with van der Waals surface area (Å²) in [5, 5.41) is 12.4. The second-order valence-electron chi connectivity index (χ2n) is 7.67. The molecule has 3 aliphatic rings. The van der Waals surface area contributed by atoms with Crippen molar-refractivity contribution in [3.8, 4) is 0 Å². The molecule has 142 valence electrons. The van der Waals surface area contributed by atoms with E-state index in [0.717, 1.165) is 41.3 Å². The average Bonchev–Trinajstić information content (AvgIpc) is 3.23. The Morgan fingerprint density at radius 3 is 2.70 bits per heavy atom. The van der Waals surface area contributed by atoms with E-state index >= 15 is 0 Å². The van der Waals surface area contributed by atoms with Gasteiger partial charge in [0, 0.05) is 18.5 Å². The summed E-state index contributed by atoms with van der Waals surface area (Å²) in [6.45, 7) is 1.11. The van der Waals surface area contributed by atoms with Gasteiger partial charge in [0.05, 0.1) is 12.1 Å². The van der Waals surface area contributed by atoms with Crippen LogP contribution in [-0.4, -0.2) is 44.8 Å². The Labute approximate surface area is 162 Å². The number of aromatic nitrogens is 2. The van der Waals surface area contributed by atoms with Gasteiger partial charge in [0.1, 0.15) is 16.6 Å². The molecule has 2 aromatic rings. The SMILES string of the molecule is NC1CC(c2nnc(C3CCC4CN3C(=O)N4OCc3ccccc3)s2)C1. The molecule has 1 aromatic heterocycles. The Balaban J connectivity index is 1.26. The maximum Gasteiger partial charge on any atom is 0.344 e. The fourth-order valence-corrected chi connectivity index (χ4v) is 5.30. The largest absolute Gasteiger partial charge is 0.344 e. The van der Waals surface area contributed by atoms with Gasteiger partial charge in [-0.1, -0.05) is 41.7 Å². The van der Waals surface area contributed by atoms with Crippen LogP contribution in [0.4, 0.5) is 4.79 Å². The highest BCUT2D eigenvalue weighted by atomic mass is 32.1. The first-order valence-electron chi connectivity index (χ1n) is 9.54. The van der Waals surface area contributed by atoms with Crippen molar-refractivity contribution in [1.29, 1.82) is 0 Å². The zero-order chi connectivity index (χ0) is 18.4. The fourth-order valence-electron chi connectivity index (χ4n) is 4.18. The second-order valence-corrected chi connectivity index (χ2v) is 8.71. The third-order valence-electron chi connectivity index (χ3n) is 5.80. The predicted octanol–water partition coefficient (Wildman–Crippen LogP) is 2.82. The third-order valence-corrected chi connectivity index (χ3v) is 6.99. The molecule has 2 N–H and O–H groups in total. The number of benzene rings is 1. The van der Waals surface area contributed by atoms with Crippen LogP contribution in [0.15, 0.2) is 30.3 Å². The smallest absolute Gasteiger partial charge is 0.328 e. The number of hydroxylamine groups is 2. The Bertz CT molecular complexity index is 823. The van der Waals surface area contributed by atoms with Gasteiger partial charge >= 0.3 is 6.03 Å². The summed E-state index contributed by atoms with van der Waals surface area (Å²) in [7, 11) is 0. The maximum atomic E-state index is 12.9. The van der Waals surface area contributed by atoms with Gasteiger partial charge in [-0.05, 0) is 31.2 Å². The quantitative estimate of drug-likeness (QED) is 0.855. The minimum absolute atomic E-state index is 0.0130. The molecule has 1 aliphatic carbocycles. The van der Waals surface area contributed by atoms with Crippen LogP contribution in [0, 0.1) is 0 Å². The lowest BCUT2D eigenvalue weighted by Crippen LogP contribution is -2.34. The van der Waals surface area contributed by atoms with Crippen LogP contribution >= 0.6 is 11.3 Å². The van der Waals surface area contributed by atoms with Crippen molar-refractivity contribution in [2.24, 2.45) is 5.73 Å². The van der Waals surface area contributed by atoms with Crippen molar-refractivity contribution in [3.63, 3.8) is 0 Å². The van der Waals surface area contributed by atoms with Crippen LogP contribution in [0.2, 0.25) is 0 Å². The Hall–Kier alpha value is -2.03. The van der Waals surface area contributed by atoms with Crippen molar-refractivity contribution in [1.82, 2.24) is 20.2 Å². The molecule has 2 amide bonds. The van der Waals surface area contributed by atoms with Crippen molar-refractivity contribution in [2.45, 2.75) is 56.3 Å². The number of carbonyl (C=O) groups excluding carboxylic acids is 1. The summed E-state index contributed by atoms with van der Waals surface area (Å²) in [5.41, 5.74) is 6.95. The number of nitrogens with two attached hydrogens (primary N) is 1. The molecule has 7 nitrogen and oxygen atoms in total. The molecular weight excluding hydrogens is 362 g/mol. The highest BCUT2D eigenvalue weighted by Gasteiger charge is 2.47. The van der Waals surface area contributed by atoms with Crippen LogP contribution in [0.1, 0.15) is 53.2 Å². The van der Waals surface area contributed by atoms with E-state index in [0.29, 0.717) is 25.1 Å². The van der Waals surface area contributed by atoms with Gasteiger partial charge in [-0.2, -0.15) is 5.06 Å². The molecule has 5 rings (SSSR count). The van der Waals surface area contributed by atoms with Crippen molar-refractivity contribution < 1.29 is 9.63 Å². The van der Waals surface area contributed by atoms with E-state index in [1.54, 1.807) is 16.4 Å². The van der Waals surface area contributed by atoms with Crippen molar-refractivity contribution >= 4 is 17.4 Å². The molecule has 2 aliphatic heterocycles. The summed E-state index contributed by atoms with van der Waals surface area (Å²) in [4.78, 5) is 20.7. The van der Waals surface area contributed by atoms with Crippen LogP contribution < -0.4 is 5.73 Å². The molecule has 3 fully saturated rings. The minimum Gasteiger partial charge on any atom is -0.328 e. The van der Waals surface area contributed by atoms with Gasteiger partial charge < -0.3 is 10.6 Å². The average molecular weight is 385 g/mol. The number of fused-ring (bicyclic) bond motifs is 2. The van der Waals surface area contributed by atoms with E-state index in [1.807, 2.05) is 35.2 Å². The molecule has 8 heteroatoms. The van der Waals surface area contributed by atoms with Gasteiger partial charge in [0.25, 0.3) is 0 Å². The number of nitrogens with zero attached hydrogens (tertiary/aromatic N) is 4. The van der Waals surface area contributed by atoms with E-state index < -0.39 is 0 Å².